The van der Waals surface area contributed by atoms with Crippen LogP contribution < -0.4 is 4.72 Å². The molecular formula is C15H15NO4S. The van der Waals surface area contributed by atoms with Gasteiger partial charge in [0.25, 0.3) is 10.0 Å². The number of carboxylic acids is 1. The first-order valence-corrected chi connectivity index (χ1v) is 7.71. The zero-order valence-electron chi connectivity index (χ0n) is 11.6. The molecule has 0 heterocycles. The molecule has 6 heteroatoms. The maximum absolute atomic E-state index is 12.3. The third kappa shape index (κ3) is 3.41. The Morgan fingerprint density at radius 3 is 2.38 bits per heavy atom. The molecule has 2 aromatic carbocycles. The Morgan fingerprint density at radius 1 is 1.05 bits per heavy atom. The fourth-order valence-corrected chi connectivity index (χ4v) is 2.91. The first kappa shape index (κ1) is 15.1. The number of carbonyl (C=O) groups is 1. The standard InChI is InChI=1S/C15H15NO4S/c1-10-6-7-13(8-11(10)2)16-21(19,20)14-5-3-4-12(9-14)15(17)18/h3-9,16H,1-2H3,(H,17,18). The Labute approximate surface area is 123 Å². The predicted molar refractivity (Wildman–Crippen MR) is 80.1 cm³/mol. The van der Waals surface area contributed by atoms with Crippen molar-refractivity contribution in [3.8, 4) is 0 Å². The first-order valence-electron chi connectivity index (χ1n) is 6.23. The maximum atomic E-state index is 12.3. The summed E-state index contributed by atoms with van der Waals surface area (Å²) in [6.07, 6.45) is 0. The molecule has 0 fully saturated rings. The summed E-state index contributed by atoms with van der Waals surface area (Å²) in [5.74, 6) is -1.17. The number of aromatic carboxylic acids is 1. The van der Waals surface area contributed by atoms with E-state index in [1.807, 2.05) is 19.9 Å². The Morgan fingerprint density at radius 2 is 1.76 bits per heavy atom. The molecule has 0 amide bonds. The monoisotopic (exact) mass is 305 g/mol. The smallest absolute Gasteiger partial charge is 0.335 e. The van der Waals surface area contributed by atoms with E-state index >= 15 is 0 Å². The van der Waals surface area contributed by atoms with E-state index in [9.17, 15) is 13.2 Å². The minimum atomic E-state index is -3.81. The Balaban J connectivity index is 2.36. The minimum Gasteiger partial charge on any atom is -0.478 e. The summed E-state index contributed by atoms with van der Waals surface area (Å²) in [7, 11) is -3.81. The molecule has 0 aliphatic carbocycles. The van der Waals surface area contributed by atoms with E-state index in [2.05, 4.69) is 4.72 Å². The summed E-state index contributed by atoms with van der Waals surface area (Å²) in [5, 5.41) is 8.92. The van der Waals surface area contributed by atoms with Crippen molar-refractivity contribution in [2.75, 3.05) is 4.72 Å². The van der Waals surface area contributed by atoms with Gasteiger partial charge in [0, 0.05) is 5.69 Å². The third-order valence-corrected chi connectivity index (χ3v) is 4.53. The summed E-state index contributed by atoms with van der Waals surface area (Å²) < 4.78 is 27.0. The zero-order chi connectivity index (χ0) is 15.6. The molecule has 0 aliphatic heterocycles. The highest BCUT2D eigenvalue weighted by molar-refractivity contribution is 7.92. The molecule has 21 heavy (non-hydrogen) atoms. The normalized spacial score (nSPS) is 11.1. The second-order valence-electron chi connectivity index (χ2n) is 4.74. The van der Waals surface area contributed by atoms with Gasteiger partial charge in [0.1, 0.15) is 0 Å². The van der Waals surface area contributed by atoms with Crippen molar-refractivity contribution < 1.29 is 18.3 Å². The molecule has 0 unspecified atom stereocenters. The van der Waals surface area contributed by atoms with E-state index in [4.69, 9.17) is 5.11 Å². The van der Waals surface area contributed by atoms with Gasteiger partial charge in [0.05, 0.1) is 10.5 Å². The van der Waals surface area contributed by atoms with Gasteiger partial charge in [0.2, 0.25) is 0 Å². The number of sulfonamides is 1. The van der Waals surface area contributed by atoms with E-state index in [1.165, 1.54) is 18.2 Å². The summed E-state index contributed by atoms with van der Waals surface area (Å²) in [4.78, 5) is 10.8. The molecular weight excluding hydrogens is 290 g/mol. The van der Waals surface area contributed by atoms with Crippen LogP contribution in [0.1, 0.15) is 21.5 Å². The summed E-state index contributed by atoms with van der Waals surface area (Å²) in [6.45, 7) is 3.82. The molecule has 2 aromatic rings. The molecule has 5 nitrogen and oxygen atoms in total. The molecule has 0 atom stereocenters. The summed E-state index contributed by atoms with van der Waals surface area (Å²) in [6, 6.07) is 10.5. The van der Waals surface area contributed by atoms with E-state index in [1.54, 1.807) is 12.1 Å². The number of hydrogen-bond donors (Lipinski definition) is 2. The molecule has 2 rings (SSSR count). The van der Waals surface area contributed by atoms with Crippen molar-refractivity contribution in [3.63, 3.8) is 0 Å². The zero-order valence-corrected chi connectivity index (χ0v) is 12.4. The Bertz CT molecular complexity index is 797. The van der Waals surface area contributed by atoms with Crippen LogP contribution in [-0.2, 0) is 10.0 Å². The van der Waals surface area contributed by atoms with Gasteiger partial charge in [-0.1, -0.05) is 12.1 Å². The number of carboxylic acid groups (broad SMARTS) is 1. The van der Waals surface area contributed by atoms with Crippen LogP contribution in [0.15, 0.2) is 47.4 Å². The van der Waals surface area contributed by atoms with E-state index in [-0.39, 0.29) is 10.5 Å². The predicted octanol–water partition coefficient (Wildman–Crippen LogP) is 2.80. The van der Waals surface area contributed by atoms with Crippen molar-refractivity contribution in [2.24, 2.45) is 0 Å². The molecule has 0 spiro atoms. The highest BCUT2D eigenvalue weighted by atomic mass is 32.2. The lowest BCUT2D eigenvalue weighted by atomic mass is 10.1. The number of rotatable bonds is 4. The lowest BCUT2D eigenvalue weighted by molar-refractivity contribution is 0.0696. The highest BCUT2D eigenvalue weighted by Gasteiger charge is 2.16. The number of hydrogen-bond acceptors (Lipinski definition) is 3. The minimum absolute atomic E-state index is 0.0713. The van der Waals surface area contributed by atoms with Crippen molar-refractivity contribution in [3.05, 3.63) is 59.2 Å². The average molecular weight is 305 g/mol. The molecule has 0 aromatic heterocycles. The van der Waals surface area contributed by atoms with Crippen LogP contribution in [0.4, 0.5) is 5.69 Å². The van der Waals surface area contributed by atoms with Gasteiger partial charge in [-0.3, -0.25) is 4.72 Å². The van der Waals surface area contributed by atoms with Gasteiger partial charge in [-0.05, 0) is 55.3 Å². The second kappa shape index (κ2) is 5.57. The fourth-order valence-electron chi connectivity index (χ4n) is 1.82. The second-order valence-corrected chi connectivity index (χ2v) is 6.42. The molecule has 2 N–H and O–H groups in total. The van der Waals surface area contributed by atoms with Crippen molar-refractivity contribution >= 4 is 21.7 Å². The highest BCUT2D eigenvalue weighted by Crippen LogP contribution is 2.19. The van der Waals surface area contributed by atoms with Crippen LogP contribution in [0.2, 0.25) is 0 Å². The Kier molecular flexibility index (Phi) is 3.99. The molecule has 0 bridgehead atoms. The van der Waals surface area contributed by atoms with Gasteiger partial charge in [-0.25, -0.2) is 13.2 Å². The van der Waals surface area contributed by atoms with Gasteiger partial charge in [-0.15, -0.1) is 0 Å². The summed E-state index contributed by atoms with van der Waals surface area (Å²) >= 11 is 0. The van der Waals surface area contributed by atoms with Crippen LogP contribution in [0.25, 0.3) is 0 Å². The quantitative estimate of drug-likeness (QED) is 0.909. The first-order chi connectivity index (χ1) is 9.79. The lowest BCUT2D eigenvalue weighted by Crippen LogP contribution is -2.13. The number of anilines is 1. The van der Waals surface area contributed by atoms with Crippen LogP contribution >= 0.6 is 0 Å². The summed E-state index contributed by atoms with van der Waals surface area (Å²) in [5.41, 5.74) is 2.40. The van der Waals surface area contributed by atoms with Gasteiger partial charge < -0.3 is 5.11 Å². The number of benzene rings is 2. The van der Waals surface area contributed by atoms with Crippen LogP contribution in [0.3, 0.4) is 0 Å². The van der Waals surface area contributed by atoms with Gasteiger partial charge in [-0.2, -0.15) is 0 Å². The number of aryl methyl sites for hydroxylation is 2. The molecule has 0 aliphatic rings. The number of nitrogens with one attached hydrogen (secondary N) is 1. The molecule has 0 saturated heterocycles. The lowest BCUT2D eigenvalue weighted by Gasteiger charge is -2.10. The van der Waals surface area contributed by atoms with Crippen LogP contribution in [0.5, 0.6) is 0 Å². The molecule has 0 radical (unpaired) electrons. The van der Waals surface area contributed by atoms with Gasteiger partial charge in [0.15, 0.2) is 0 Å². The van der Waals surface area contributed by atoms with E-state index < -0.39 is 16.0 Å². The third-order valence-electron chi connectivity index (χ3n) is 3.15. The average Bonchev–Trinajstić information content (AvgIpc) is 2.43. The van der Waals surface area contributed by atoms with Gasteiger partial charge >= 0.3 is 5.97 Å². The van der Waals surface area contributed by atoms with Crippen LogP contribution in [-0.4, -0.2) is 19.5 Å². The van der Waals surface area contributed by atoms with Crippen molar-refractivity contribution in [1.82, 2.24) is 0 Å². The molecule has 0 saturated carbocycles. The fraction of sp³-hybridized carbons (Fsp3) is 0.133. The largest absolute Gasteiger partial charge is 0.478 e. The Hall–Kier alpha value is -2.34. The SMILES string of the molecule is Cc1ccc(NS(=O)(=O)c2cccc(C(=O)O)c2)cc1C. The maximum Gasteiger partial charge on any atom is 0.335 e. The van der Waals surface area contributed by atoms with E-state index in [0.29, 0.717) is 5.69 Å². The molecule has 110 valence electrons. The topological polar surface area (TPSA) is 83.5 Å². The van der Waals surface area contributed by atoms with Crippen LogP contribution in [0, 0.1) is 13.8 Å². The van der Waals surface area contributed by atoms with E-state index in [0.717, 1.165) is 17.2 Å². The van der Waals surface area contributed by atoms with Crippen molar-refractivity contribution in [1.29, 1.82) is 0 Å². The van der Waals surface area contributed by atoms with Crippen molar-refractivity contribution in [2.45, 2.75) is 18.7 Å².